The molecule has 0 aromatic rings. The zero-order chi connectivity index (χ0) is 10.7. The molecular formula is C12H21NO2. The maximum atomic E-state index is 11.1. The van der Waals surface area contributed by atoms with E-state index in [0.29, 0.717) is 6.61 Å². The Morgan fingerprint density at radius 3 is 2.80 bits per heavy atom. The summed E-state index contributed by atoms with van der Waals surface area (Å²) in [6.07, 6.45) is 6.13. The van der Waals surface area contributed by atoms with E-state index in [1.165, 1.54) is 19.3 Å². The van der Waals surface area contributed by atoms with E-state index in [0.717, 1.165) is 38.3 Å². The Hall–Kier alpha value is -0.410. The van der Waals surface area contributed by atoms with Crippen LogP contribution >= 0.6 is 0 Å². The normalized spacial score (nSPS) is 31.9. The molecule has 2 aliphatic rings. The number of rotatable bonds is 5. The quantitative estimate of drug-likeness (QED) is 0.642. The van der Waals surface area contributed by atoms with Crippen molar-refractivity contribution in [3.8, 4) is 0 Å². The van der Waals surface area contributed by atoms with Crippen LogP contribution in [-0.2, 0) is 9.53 Å². The van der Waals surface area contributed by atoms with Gasteiger partial charge in [-0.2, -0.15) is 0 Å². The minimum atomic E-state index is -0.210. The van der Waals surface area contributed by atoms with Crippen molar-refractivity contribution in [1.29, 1.82) is 0 Å². The highest BCUT2D eigenvalue weighted by Crippen LogP contribution is 2.30. The summed E-state index contributed by atoms with van der Waals surface area (Å²) in [5, 5.41) is 0. The van der Waals surface area contributed by atoms with Crippen molar-refractivity contribution in [3.05, 3.63) is 0 Å². The SMILES string of the molecule is CN(CC1CCC1)CC1(C=O)CCOC1. The van der Waals surface area contributed by atoms with Gasteiger partial charge in [-0.25, -0.2) is 0 Å². The second-order valence-corrected chi connectivity index (χ2v) is 5.28. The van der Waals surface area contributed by atoms with Crippen LogP contribution in [0.25, 0.3) is 0 Å². The van der Waals surface area contributed by atoms with Gasteiger partial charge in [0, 0.05) is 19.7 Å². The highest BCUT2D eigenvalue weighted by molar-refractivity contribution is 5.60. The maximum absolute atomic E-state index is 11.1. The molecule has 1 aliphatic heterocycles. The number of ether oxygens (including phenoxy) is 1. The molecule has 3 nitrogen and oxygen atoms in total. The van der Waals surface area contributed by atoms with Crippen molar-refractivity contribution in [3.63, 3.8) is 0 Å². The van der Waals surface area contributed by atoms with Crippen LogP contribution in [0.3, 0.4) is 0 Å². The molecule has 1 heterocycles. The van der Waals surface area contributed by atoms with Crippen molar-refractivity contribution in [2.24, 2.45) is 11.3 Å². The van der Waals surface area contributed by atoms with Gasteiger partial charge < -0.3 is 14.4 Å². The Bertz CT molecular complexity index is 220. The van der Waals surface area contributed by atoms with Gasteiger partial charge in [0.25, 0.3) is 0 Å². The van der Waals surface area contributed by atoms with E-state index in [4.69, 9.17) is 4.74 Å². The fraction of sp³-hybridized carbons (Fsp3) is 0.917. The van der Waals surface area contributed by atoms with E-state index in [9.17, 15) is 4.79 Å². The molecule has 0 N–H and O–H groups in total. The fourth-order valence-electron chi connectivity index (χ4n) is 2.60. The number of carbonyl (C=O) groups is 1. The smallest absolute Gasteiger partial charge is 0.129 e. The summed E-state index contributed by atoms with van der Waals surface area (Å²) in [6, 6.07) is 0. The third-order valence-corrected chi connectivity index (χ3v) is 3.76. The number of nitrogens with zero attached hydrogens (tertiary/aromatic N) is 1. The van der Waals surface area contributed by atoms with Crippen LogP contribution in [0.1, 0.15) is 25.7 Å². The molecule has 3 heteroatoms. The lowest BCUT2D eigenvalue weighted by Gasteiger charge is -2.33. The lowest BCUT2D eigenvalue weighted by Crippen LogP contribution is -2.40. The number of hydrogen-bond donors (Lipinski definition) is 0. The molecule has 0 spiro atoms. The fourth-order valence-corrected chi connectivity index (χ4v) is 2.60. The Kier molecular flexibility index (Phi) is 3.42. The summed E-state index contributed by atoms with van der Waals surface area (Å²) in [4.78, 5) is 13.4. The van der Waals surface area contributed by atoms with Crippen LogP contribution in [0, 0.1) is 11.3 Å². The van der Waals surface area contributed by atoms with Gasteiger partial charge in [0.2, 0.25) is 0 Å². The highest BCUT2D eigenvalue weighted by atomic mass is 16.5. The largest absolute Gasteiger partial charge is 0.380 e. The molecule has 0 bridgehead atoms. The van der Waals surface area contributed by atoms with Gasteiger partial charge >= 0.3 is 0 Å². The lowest BCUT2D eigenvalue weighted by atomic mass is 9.84. The molecular weight excluding hydrogens is 190 g/mol. The average molecular weight is 211 g/mol. The van der Waals surface area contributed by atoms with E-state index in [1.54, 1.807) is 0 Å². The summed E-state index contributed by atoms with van der Waals surface area (Å²) in [6.45, 7) is 3.38. The first-order valence-corrected chi connectivity index (χ1v) is 5.97. The molecule has 86 valence electrons. The van der Waals surface area contributed by atoms with Gasteiger partial charge in [0.05, 0.1) is 12.0 Å². The first kappa shape index (κ1) is 11.1. The lowest BCUT2D eigenvalue weighted by molar-refractivity contribution is -0.117. The Morgan fingerprint density at radius 1 is 1.53 bits per heavy atom. The molecule has 1 unspecified atom stereocenters. The van der Waals surface area contributed by atoms with E-state index < -0.39 is 0 Å². The van der Waals surface area contributed by atoms with E-state index in [2.05, 4.69) is 11.9 Å². The van der Waals surface area contributed by atoms with Crippen molar-refractivity contribution >= 4 is 6.29 Å². The minimum absolute atomic E-state index is 0.210. The van der Waals surface area contributed by atoms with Gasteiger partial charge in [-0.05, 0) is 32.2 Å². The number of carbonyl (C=O) groups excluding carboxylic acids is 1. The van der Waals surface area contributed by atoms with Crippen LogP contribution in [0.2, 0.25) is 0 Å². The zero-order valence-corrected chi connectivity index (χ0v) is 9.58. The molecule has 15 heavy (non-hydrogen) atoms. The molecule has 0 amide bonds. The average Bonchev–Trinajstić information content (AvgIpc) is 2.61. The zero-order valence-electron chi connectivity index (χ0n) is 9.58. The van der Waals surface area contributed by atoms with Crippen molar-refractivity contribution in [1.82, 2.24) is 4.90 Å². The molecule has 0 aromatic heterocycles. The van der Waals surface area contributed by atoms with Crippen LogP contribution in [0.5, 0.6) is 0 Å². The summed E-state index contributed by atoms with van der Waals surface area (Å²) < 4.78 is 5.34. The van der Waals surface area contributed by atoms with Crippen LogP contribution < -0.4 is 0 Å². The number of aldehydes is 1. The summed E-state index contributed by atoms with van der Waals surface area (Å²) in [7, 11) is 2.13. The number of hydrogen-bond acceptors (Lipinski definition) is 3. The summed E-state index contributed by atoms with van der Waals surface area (Å²) in [5.41, 5.74) is -0.210. The highest BCUT2D eigenvalue weighted by Gasteiger charge is 2.36. The molecule has 2 rings (SSSR count). The first-order chi connectivity index (χ1) is 7.24. The monoisotopic (exact) mass is 211 g/mol. The third kappa shape index (κ3) is 2.58. The van der Waals surface area contributed by atoms with Crippen molar-refractivity contribution < 1.29 is 9.53 Å². The van der Waals surface area contributed by atoms with Gasteiger partial charge in [-0.3, -0.25) is 0 Å². The standard InChI is InChI=1S/C12H21NO2/c1-13(7-11-3-2-4-11)8-12(9-14)5-6-15-10-12/h9,11H,2-8,10H2,1H3. The molecule has 1 saturated carbocycles. The first-order valence-electron chi connectivity index (χ1n) is 5.97. The summed E-state index contributed by atoms with van der Waals surface area (Å²) in [5.74, 6) is 0.876. The van der Waals surface area contributed by atoms with Gasteiger partial charge in [0.1, 0.15) is 6.29 Å². The van der Waals surface area contributed by atoms with E-state index in [1.807, 2.05) is 0 Å². The topological polar surface area (TPSA) is 29.5 Å². The molecule has 2 fully saturated rings. The van der Waals surface area contributed by atoms with Crippen LogP contribution in [-0.4, -0.2) is 44.5 Å². The Morgan fingerprint density at radius 2 is 2.33 bits per heavy atom. The predicted octanol–water partition coefficient (Wildman–Crippen LogP) is 1.32. The third-order valence-electron chi connectivity index (χ3n) is 3.76. The molecule has 1 atom stereocenters. The van der Waals surface area contributed by atoms with Gasteiger partial charge in [0.15, 0.2) is 0 Å². The minimum Gasteiger partial charge on any atom is -0.380 e. The maximum Gasteiger partial charge on any atom is 0.129 e. The second-order valence-electron chi connectivity index (χ2n) is 5.28. The second kappa shape index (κ2) is 4.62. The molecule has 1 saturated heterocycles. The predicted molar refractivity (Wildman–Crippen MR) is 58.8 cm³/mol. The molecule has 1 aliphatic carbocycles. The molecule has 0 radical (unpaired) electrons. The summed E-state index contributed by atoms with van der Waals surface area (Å²) >= 11 is 0. The van der Waals surface area contributed by atoms with Crippen molar-refractivity contribution in [2.75, 3.05) is 33.4 Å². The van der Waals surface area contributed by atoms with E-state index in [-0.39, 0.29) is 5.41 Å². The van der Waals surface area contributed by atoms with Crippen molar-refractivity contribution in [2.45, 2.75) is 25.7 Å². The van der Waals surface area contributed by atoms with Crippen LogP contribution in [0.15, 0.2) is 0 Å². The van der Waals surface area contributed by atoms with Crippen LogP contribution in [0.4, 0.5) is 0 Å². The molecule has 0 aromatic carbocycles. The Labute approximate surface area is 91.8 Å². The van der Waals surface area contributed by atoms with E-state index >= 15 is 0 Å². The Balaban J connectivity index is 1.80. The van der Waals surface area contributed by atoms with Gasteiger partial charge in [-0.15, -0.1) is 0 Å². The van der Waals surface area contributed by atoms with Gasteiger partial charge in [-0.1, -0.05) is 6.42 Å².